The first-order valence-electron chi connectivity index (χ1n) is 7.53. The fourth-order valence-corrected chi connectivity index (χ4v) is 2.56. The molecule has 2 aromatic carbocycles. The molecule has 2 amide bonds. The Morgan fingerprint density at radius 1 is 1.00 bits per heavy atom. The van der Waals surface area contributed by atoms with E-state index in [1.165, 1.54) is 12.1 Å². The maximum absolute atomic E-state index is 12.5. The van der Waals surface area contributed by atoms with Gasteiger partial charge in [-0.25, -0.2) is 0 Å². The van der Waals surface area contributed by atoms with Crippen molar-refractivity contribution in [2.45, 2.75) is 19.8 Å². The van der Waals surface area contributed by atoms with E-state index in [0.29, 0.717) is 5.02 Å². The number of carbonyl (C=O) groups excluding carboxylic acids is 2. The van der Waals surface area contributed by atoms with Gasteiger partial charge in [-0.2, -0.15) is 0 Å². The Morgan fingerprint density at radius 3 is 2.21 bits per heavy atom. The number of rotatable bonds is 4. The maximum atomic E-state index is 12.5. The second-order valence-electron chi connectivity index (χ2n) is 5.73. The van der Waals surface area contributed by atoms with E-state index in [9.17, 15) is 14.7 Å². The average molecular weight is 347 g/mol. The lowest BCUT2D eigenvalue weighted by molar-refractivity contribution is -0.124. The molecule has 0 fully saturated rings. The summed E-state index contributed by atoms with van der Waals surface area (Å²) < 4.78 is 0. The molecule has 1 unspecified atom stereocenters. The molecule has 3 N–H and O–H groups in total. The predicted octanol–water partition coefficient (Wildman–Crippen LogP) is 3.25. The summed E-state index contributed by atoms with van der Waals surface area (Å²) in [4.78, 5) is 24.5. The van der Waals surface area contributed by atoms with Gasteiger partial charge >= 0.3 is 0 Å². The molecular formula is C18H19ClN2O3. The lowest BCUT2D eigenvalue weighted by Crippen LogP contribution is -2.44. The molecule has 0 bridgehead atoms. The first-order valence-corrected chi connectivity index (χ1v) is 7.91. The molecule has 0 aromatic heterocycles. The Morgan fingerprint density at radius 2 is 1.62 bits per heavy atom. The fraction of sp³-hybridized carbons (Fsp3) is 0.222. The van der Waals surface area contributed by atoms with Gasteiger partial charge < -0.3 is 5.11 Å². The summed E-state index contributed by atoms with van der Waals surface area (Å²) in [5.41, 5.74) is 5.65. The molecule has 6 heteroatoms. The summed E-state index contributed by atoms with van der Waals surface area (Å²) in [7, 11) is 0. The van der Waals surface area contributed by atoms with Crippen LogP contribution in [-0.2, 0) is 4.79 Å². The molecule has 0 saturated heterocycles. The lowest BCUT2D eigenvalue weighted by atomic mass is 9.88. The van der Waals surface area contributed by atoms with Crippen molar-refractivity contribution < 1.29 is 14.7 Å². The van der Waals surface area contributed by atoms with Crippen LogP contribution < -0.4 is 10.9 Å². The van der Waals surface area contributed by atoms with E-state index < -0.39 is 11.8 Å². The molecule has 2 rings (SSSR count). The van der Waals surface area contributed by atoms with E-state index in [0.717, 1.165) is 5.56 Å². The lowest BCUT2D eigenvalue weighted by Gasteiger charge is -2.21. The van der Waals surface area contributed by atoms with E-state index in [1.807, 2.05) is 13.8 Å². The summed E-state index contributed by atoms with van der Waals surface area (Å²) in [6, 6.07) is 13.1. The number of amides is 2. The van der Waals surface area contributed by atoms with Crippen molar-refractivity contribution in [3.8, 4) is 5.75 Å². The highest BCUT2D eigenvalue weighted by molar-refractivity contribution is 6.30. The zero-order valence-corrected chi connectivity index (χ0v) is 14.2. The van der Waals surface area contributed by atoms with Crippen molar-refractivity contribution >= 4 is 23.4 Å². The number of benzene rings is 2. The number of hydrogen-bond donors (Lipinski definition) is 3. The van der Waals surface area contributed by atoms with Crippen LogP contribution in [0.5, 0.6) is 5.75 Å². The van der Waals surface area contributed by atoms with Crippen LogP contribution in [0, 0.1) is 5.92 Å². The smallest absolute Gasteiger partial charge is 0.273 e. The zero-order chi connectivity index (χ0) is 17.7. The van der Waals surface area contributed by atoms with Gasteiger partial charge in [0.25, 0.3) is 5.91 Å². The van der Waals surface area contributed by atoms with Crippen molar-refractivity contribution in [2.24, 2.45) is 5.92 Å². The minimum atomic E-state index is -0.583. The quantitative estimate of drug-likeness (QED) is 0.743. The van der Waals surface area contributed by atoms with E-state index in [4.69, 9.17) is 11.6 Å². The van der Waals surface area contributed by atoms with Gasteiger partial charge in [-0.15, -0.1) is 0 Å². The topological polar surface area (TPSA) is 78.4 Å². The number of hydrazine groups is 1. The minimum absolute atomic E-state index is 0.0215. The van der Waals surface area contributed by atoms with Crippen LogP contribution in [-0.4, -0.2) is 16.9 Å². The highest BCUT2D eigenvalue weighted by Crippen LogP contribution is 2.25. The normalized spacial score (nSPS) is 11.8. The Balaban J connectivity index is 2.07. The molecule has 0 aliphatic heterocycles. The zero-order valence-electron chi connectivity index (χ0n) is 13.4. The number of halogens is 1. The van der Waals surface area contributed by atoms with Gasteiger partial charge in [0.15, 0.2) is 0 Å². The van der Waals surface area contributed by atoms with Crippen molar-refractivity contribution in [1.82, 2.24) is 10.9 Å². The van der Waals surface area contributed by atoms with E-state index >= 15 is 0 Å². The van der Waals surface area contributed by atoms with Crippen LogP contribution in [0.4, 0.5) is 0 Å². The van der Waals surface area contributed by atoms with Crippen molar-refractivity contribution in [1.29, 1.82) is 0 Å². The van der Waals surface area contributed by atoms with Gasteiger partial charge in [0, 0.05) is 5.02 Å². The monoisotopic (exact) mass is 346 g/mol. The Kier molecular flexibility index (Phi) is 5.82. The van der Waals surface area contributed by atoms with Gasteiger partial charge in [-0.1, -0.05) is 49.7 Å². The van der Waals surface area contributed by atoms with Gasteiger partial charge in [-0.05, 0) is 35.7 Å². The summed E-state index contributed by atoms with van der Waals surface area (Å²) in [6.07, 6.45) is 0. The number of para-hydroxylation sites is 1. The van der Waals surface area contributed by atoms with Gasteiger partial charge in [0.05, 0.1) is 11.5 Å². The van der Waals surface area contributed by atoms with Crippen molar-refractivity contribution in [2.75, 3.05) is 0 Å². The fourth-order valence-electron chi connectivity index (χ4n) is 2.44. The van der Waals surface area contributed by atoms with E-state index in [2.05, 4.69) is 10.9 Å². The number of aromatic hydroxyl groups is 1. The summed E-state index contributed by atoms with van der Waals surface area (Å²) in [5.74, 6) is -1.49. The SMILES string of the molecule is CC(C)C(C(=O)NNC(=O)c1ccccc1O)c1ccc(Cl)cc1. The second kappa shape index (κ2) is 7.84. The number of hydrogen-bond acceptors (Lipinski definition) is 3. The number of phenols is 1. The Bertz CT molecular complexity index is 729. The van der Waals surface area contributed by atoms with Crippen LogP contribution in [0.15, 0.2) is 48.5 Å². The largest absolute Gasteiger partial charge is 0.507 e. The van der Waals surface area contributed by atoms with Crippen LogP contribution in [0.1, 0.15) is 35.7 Å². The van der Waals surface area contributed by atoms with E-state index in [-0.39, 0.29) is 23.1 Å². The second-order valence-corrected chi connectivity index (χ2v) is 6.17. The first-order chi connectivity index (χ1) is 11.4. The molecule has 0 spiro atoms. The average Bonchev–Trinajstić information content (AvgIpc) is 2.55. The predicted molar refractivity (Wildman–Crippen MR) is 92.7 cm³/mol. The van der Waals surface area contributed by atoms with Crippen LogP contribution >= 0.6 is 11.6 Å². The third kappa shape index (κ3) is 4.26. The molecule has 0 saturated carbocycles. The van der Waals surface area contributed by atoms with E-state index in [1.54, 1.807) is 36.4 Å². The molecule has 0 aliphatic rings. The molecule has 0 aliphatic carbocycles. The third-order valence-electron chi connectivity index (χ3n) is 3.63. The highest BCUT2D eigenvalue weighted by atomic mass is 35.5. The molecule has 24 heavy (non-hydrogen) atoms. The molecule has 5 nitrogen and oxygen atoms in total. The standard InChI is InChI=1S/C18H19ClN2O3/c1-11(2)16(12-7-9-13(19)10-8-12)18(24)21-20-17(23)14-5-3-4-6-15(14)22/h3-11,16,22H,1-2H3,(H,20,23)(H,21,24). The van der Waals surface area contributed by atoms with Crippen LogP contribution in [0.2, 0.25) is 5.02 Å². The van der Waals surface area contributed by atoms with Gasteiger partial charge in [-0.3, -0.25) is 20.4 Å². The number of phenolic OH excluding ortho intramolecular Hbond substituents is 1. The molecule has 0 radical (unpaired) electrons. The van der Waals surface area contributed by atoms with Crippen LogP contribution in [0.25, 0.3) is 0 Å². The Labute approximate surface area is 145 Å². The highest BCUT2D eigenvalue weighted by Gasteiger charge is 2.24. The van der Waals surface area contributed by atoms with Crippen LogP contribution in [0.3, 0.4) is 0 Å². The van der Waals surface area contributed by atoms with Gasteiger partial charge in [0.2, 0.25) is 5.91 Å². The molecular weight excluding hydrogens is 328 g/mol. The molecule has 126 valence electrons. The number of nitrogens with one attached hydrogen (secondary N) is 2. The minimum Gasteiger partial charge on any atom is -0.507 e. The number of carbonyl (C=O) groups is 2. The van der Waals surface area contributed by atoms with Crippen molar-refractivity contribution in [3.63, 3.8) is 0 Å². The third-order valence-corrected chi connectivity index (χ3v) is 3.88. The molecule has 1 atom stereocenters. The summed E-state index contributed by atoms with van der Waals surface area (Å²) in [6.45, 7) is 3.84. The van der Waals surface area contributed by atoms with Crippen molar-refractivity contribution in [3.05, 3.63) is 64.7 Å². The molecule has 2 aromatic rings. The maximum Gasteiger partial charge on any atom is 0.273 e. The molecule has 0 heterocycles. The summed E-state index contributed by atoms with van der Waals surface area (Å²) >= 11 is 5.88. The first kappa shape index (κ1) is 17.8. The summed E-state index contributed by atoms with van der Waals surface area (Å²) in [5, 5.41) is 10.3. The Hall–Kier alpha value is -2.53. The van der Waals surface area contributed by atoms with Gasteiger partial charge in [0.1, 0.15) is 5.75 Å².